The third-order valence-electron chi connectivity index (χ3n) is 5.81. The molecule has 0 amide bonds. The maximum Gasteiger partial charge on any atom is 0.166 e. The monoisotopic (exact) mass is 534 g/mol. The summed E-state index contributed by atoms with van der Waals surface area (Å²) >= 11 is 13.9. The third-order valence-corrected chi connectivity index (χ3v) is 7.61. The average Bonchev–Trinajstić information content (AvgIpc) is 3.31. The Balaban J connectivity index is 1.29. The number of methoxy groups -OCH3 is 1. The summed E-state index contributed by atoms with van der Waals surface area (Å²) in [5.74, 6) is 1.37. The SMILES string of the molecule is COc1cccc(CNc2ccc(-c3nc4ccc(C)cc4s3)cc2)c1OCc1ccc(Cl)c(Cl)c1. The zero-order chi connectivity index (χ0) is 25.1. The number of aryl methyl sites for hydroxylation is 1. The Hall–Kier alpha value is -3.25. The van der Waals surface area contributed by atoms with Gasteiger partial charge in [0.15, 0.2) is 11.5 Å². The van der Waals surface area contributed by atoms with E-state index in [1.54, 1.807) is 24.5 Å². The number of fused-ring (bicyclic) bond motifs is 1. The molecule has 0 saturated heterocycles. The summed E-state index contributed by atoms with van der Waals surface area (Å²) in [6, 6.07) is 26.1. The van der Waals surface area contributed by atoms with Crippen molar-refractivity contribution in [2.45, 2.75) is 20.1 Å². The van der Waals surface area contributed by atoms with Crippen LogP contribution < -0.4 is 14.8 Å². The van der Waals surface area contributed by atoms with Crippen LogP contribution >= 0.6 is 34.5 Å². The number of nitrogens with one attached hydrogen (secondary N) is 1. The van der Waals surface area contributed by atoms with Crippen LogP contribution in [0.25, 0.3) is 20.8 Å². The van der Waals surface area contributed by atoms with Gasteiger partial charge in [-0.05, 0) is 72.6 Å². The van der Waals surface area contributed by atoms with E-state index in [4.69, 9.17) is 37.7 Å². The molecule has 36 heavy (non-hydrogen) atoms. The number of benzene rings is 4. The molecule has 7 heteroatoms. The molecule has 4 nitrogen and oxygen atoms in total. The number of ether oxygens (including phenoxy) is 2. The summed E-state index contributed by atoms with van der Waals surface area (Å²) in [5, 5.41) is 5.53. The molecule has 0 unspecified atom stereocenters. The Morgan fingerprint density at radius 1 is 0.917 bits per heavy atom. The van der Waals surface area contributed by atoms with Crippen molar-refractivity contribution in [1.82, 2.24) is 4.98 Å². The van der Waals surface area contributed by atoms with Crippen LogP contribution in [0.1, 0.15) is 16.7 Å². The molecule has 0 saturated carbocycles. The van der Waals surface area contributed by atoms with Crippen LogP contribution in [-0.2, 0) is 13.2 Å². The average molecular weight is 535 g/mol. The fourth-order valence-electron chi connectivity index (χ4n) is 3.89. The molecule has 0 aliphatic heterocycles. The highest BCUT2D eigenvalue weighted by Crippen LogP contribution is 2.34. The second-order valence-electron chi connectivity index (χ2n) is 8.41. The fraction of sp³-hybridized carbons (Fsp3) is 0.138. The first kappa shape index (κ1) is 24.4. The van der Waals surface area contributed by atoms with E-state index in [1.165, 1.54) is 10.3 Å². The van der Waals surface area contributed by atoms with E-state index in [2.05, 4.69) is 54.7 Å². The van der Waals surface area contributed by atoms with E-state index in [9.17, 15) is 0 Å². The number of nitrogens with zero attached hydrogens (tertiary/aromatic N) is 1. The van der Waals surface area contributed by atoms with Gasteiger partial charge in [0.05, 0.1) is 27.4 Å². The minimum Gasteiger partial charge on any atom is -0.493 e. The molecule has 0 aliphatic rings. The molecule has 0 fully saturated rings. The van der Waals surface area contributed by atoms with Gasteiger partial charge in [0, 0.05) is 23.4 Å². The van der Waals surface area contributed by atoms with Gasteiger partial charge < -0.3 is 14.8 Å². The number of hydrogen-bond donors (Lipinski definition) is 1. The van der Waals surface area contributed by atoms with Gasteiger partial charge in [0.1, 0.15) is 11.6 Å². The molecule has 0 aliphatic carbocycles. The molecule has 1 heterocycles. The highest BCUT2D eigenvalue weighted by molar-refractivity contribution is 7.21. The quantitative estimate of drug-likeness (QED) is 0.216. The summed E-state index contributed by atoms with van der Waals surface area (Å²) in [6.07, 6.45) is 0. The zero-order valence-electron chi connectivity index (χ0n) is 19.8. The first-order valence-electron chi connectivity index (χ1n) is 11.4. The van der Waals surface area contributed by atoms with Crippen LogP contribution in [0.4, 0.5) is 5.69 Å². The minimum atomic E-state index is 0.348. The van der Waals surface area contributed by atoms with Crippen molar-refractivity contribution in [3.05, 3.63) is 106 Å². The molecule has 0 radical (unpaired) electrons. The normalized spacial score (nSPS) is 11.0. The molecular formula is C29H24Cl2N2O2S. The summed E-state index contributed by atoms with van der Waals surface area (Å²) in [5.41, 5.74) is 6.31. The molecule has 5 aromatic rings. The summed E-state index contributed by atoms with van der Waals surface area (Å²) in [4.78, 5) is 4.79. The van der Waals surface area contributed by atoms with Gasteiger partial charge in [-0.1, -0.05) is 47.5 Å². The van der Waals surface area contributed by atoms with E-state index in [1.807, 2.05) is 30.3 Å². The van der Waals surface area contributed by atoms with E-state index >= 15 is 0 Å². The predicted octanol–water partition coefficient (Wildman–Crippen LogP) is 8.78. The van der Waals surface area contributed by atoms with E-state index in [0.29, 0.717) is 34.7 Å². The van der Waals surface area contributed by atoms with Crippen molar-refractivity contribution in [2.75, 3.05) is 12.4 Å². The maximum atomic E-state index is 6.17. The van der Waals surface area contributed by atoms with Crippen LogP contribution in [0.5, 0.6) is 11.5 Å². The Morgan fingerprint density at radius 3 is 2.53 bits per heavy atom. The van der Waals surface area contributed by atoms with Crippen LogP contribution in [0.2, 0.25) is 10.0 Å². The van der Waals surface area contributed by atoms with Crippen molar-refractivity contribution >= 4 is 50.4 Å². The van der Waals surface area contributed by atoms with Crippen molar-refractivity contribution in [3.8, 4) is 22.1 Å². The molecule has 0 atom stereocenters. The Kier molecular flexibility index (Phi) is 7.33. The first-order valence-corrected chi connectivity index (χ1v) is 13.0. The summed E-state index contributed by atoms with van der Waals surface area (Å²) in [7, 11) is 1.64. The lowest BCUT2D eigenvalue weighted by Gasteiger charge is -2.16. The van der Waals surface area contributed by atoms with Crippen molar-refractivity contribution in [2.24, 2.45) is 0 Å². The van der Waals surface area contributed by atoms with Crippen molar-refractivity contribution in [1.29, 1.82) is 0 Å². The highest BCUT2D eigenvalue weighted by Gasteiger charge is 2.12. The van der Waals surface area contributed by atoms with E-state index in [0.717, 1.165) is 32.9 Å². The van der Waals surface area contributed by atoms with Crippen molar-refractivity contribution < 1.29 is 9.47 Å². The zero-order valence-corrected chi connectivity index (χ0v) is 22.2. The molecule has 182 valence electrons. The molecule has 0 bridgehead atoms. The summed E-state index contributed by atoms with van der Waals surface area (Å²) < 4.78 is 12.9. The van der Waals surface area contributed by atoms with Gasteiger partial charge in [0.2, 0.25) is 0 Å². The van der Waals surface area contributed by atoms with Crippen LogP contribution in [-0.4, -0.2) is 12.1 Å². The fourth-order valence-corrected chi connectivity index (χ4v) is 5.28. The Labute approximate surface area is 224 Å². The Bertz CT molecular complexity index is 1520. The maximum absolute atomic E-state index is 6.17. The minimum absolute atomic E-state index is 0.348. The first-order chi connectivity index (χ1) is 17.5. The standard InChI is InChI=1S/C29H24Cl2N2O2S/c1-18-6-13-25-27(14-18)36-29(33-25)20-8-10-22(11-9-20)32-16-21-4-3-5-26(34-2)28(21)35-17-19-7-12-23(30)24(31)15-19/h3-15,32H,16-17H2,1-2H3. The van der Waals surface area contributed by atoms with Crippen LogP contribution in [0.3, 0.4) is 0 Å². The number of halogens is 2. The molecule has 0 spiro atoms. The van der Waals surface area contributed by atoms with Gasteiger partial charge >= 0.3 is 0 Å². The topological polar surface area (TPSA) is 43.4 Å². The van der Waals surface area contributed by atoms with E-state index < -0.39 is 0 Å². The van der Waals surface area contributed by atoms with Gasteiger partial charge in [-0.3, -0.25) is 0 Å². The number of hydrogen-bond acceptors (Lipinski definition) is 5. The van der Waals surface area contributed by atoms with Gasteiger partial charge in [0.25, 0.3) is 0 Å². The molecule has 4 aromatic carbocycles. The van der Waals surface area contributed by atoms with Crippen molar-refractivity contribution in [3.63, 3.8) is 0 Å². The lowest BCUT2D eigenvalue weighted by atomic mass is 10.1. The molecule has 1 N–H and O–H groups in total. The lowest BCUT2D eigenvalue weighted by molar-refractivity contribution is 0.281. The third kappa shape index (κ3) is 5.44. The largest absolute Gasteiger partial charge is 0.493 e. The second-order valence-corrected chi connectivity index (χ2v) is 10.3. The van der Waals surface area contributed by atoms with Crippen LogP contribution in [0, 0.1) is 6.92 Å². The van der Waals surface area contributed by atoms with Gasteiger partial charge in [-0.15, -0.1) is 11.3 Å². The Morgan fingerprint density at radius 2 is 1.75 bits per heavy atom. The lowest BCUT2D eigenvalue weighted by Crippen LogP contribution is -2.05. The number of thiazole rings is 1. The summed E-state index contributed by atoms with van der Waals surface area (Å²) in [6.45, 7) is 3.03. The smallest absolute Gasteiger partial charge is 0.166 e. The van der Waals surface area contributed by atoms with Gasteiger partial charge in [-0.25, -0.2) is 4.98 Å². The number of aromatic nitrogens is 1. The second kappa shape index (κ2) is 10.8. The predicted molar refractivity (Wildman–Crippen MR) is 151 cm³/mol. The highest BCUT2D eigenvalue weighted by atomic mass is 35.5. The number of para-hydroxylation sites is 1. The molecule has 1 aromatic heterocycles. The number of rotatable bonds is 8. The number of anilines is 1. The van der Waals surface area contributed by atoms with Crippen LogP contribution in [0.15, 0.2) is 78.9 Å². The molecular weight excluding hydrogens is 511 g/mol. The molecule has 5 rings (SSSR count). The van der Waals surface area contributed by atoms with E-state index in [-0.39, 0.29) is 0 Å². The van der Waals surface area contributed by atoms with Gasteiger partial charge in [-0.2, -0.15) is 0 Å².